The van der Waals surface area contributed by atoms with Crippen molar-refractivity contribution < 1.29 is 17.8 Å². The molecule has 44 heavy (non-hydrogen) atoms. The highest BCUT2D eigenvalue weighted by Gasteiger charge is 2.22. The second-order valence-corrected chi connectivity index (χ2v) is 11.2. The van der Waals surface area contributed by atoms with E-state index in [-0.39, 0.29) is 21.8 Å². The van der Waals surface area contributed by atoms with Gasteiger partial charge in [-0.25, -0.2) is 17.9 Å². The van der Waals surface area contributed by atoms with Crippen molar-refractivity contribution in [2.75, 3.05) is 10.1 Å². The average molecular weight is 607 g/mol. The highest BCUT2D eigenvalue weighted by molar-refractivity contribution is 7.92. The molecule has 0 aliphatic rings. The summed E-state index contributed by atoms with van der Waals surface area (Å²) in [6, 6.07) is 29.6. The third-order valence-electron chi connectivity index (χ3n) is 6.55. The normalized spacial score (nSPS) is 11.5. The van der Waals surface area contributed by atoms with Crippen LogP contribution in [0.1, 0.15) is 5.56 Å². The van der Waals surface area contributed by atoms with E-state index in [0.717, 1.165) is 11.8 Å². The fourth-order valence-corrected chi connectivity index (χ4v) is 5.53. The van der Waals surface area contributed by atoms with Crippen molar-refractivity contribution in [3.05, 3.63) is 141 Å². The van der Waals surface area contributed by atoms with E-state index in [4.69, 9.17) is 4.42 Å². The minimum Gasteiger partial charge on any atom is -0.422 e. The Kier molecular flexibility index (Phi) is 7.43. The Morgan fingerprint density at radius 2 is 1.61 bits per heavy atom. The number of nitro groups is 1. The predicted molar refractivity (Wildman–Crippen MR) is 167 cm³/mol. The second kappa shape index (κ2) is 11.7. The molecule has 0 unspecified atom stereocenters. The number of nitrogens with zero attached hydrogens (tertiary/aromatic N) is 4. The second-order valence-electron chi connectivity index (χ2n) is 9.48. The molecule has 0 fully saturated rings. The minimum atomic E-state index is -4.10. The first-order valence-electron chi connectivity index (χ1n) is 13.1. The topological polar surface area (TPSA) is 162 Å². The molecule has 0 saturated carbocycles. The summed E-state index contributed by atoms with van der Waals surface area (Å²) >= 11 is 0. The van der Waals surface area contributed by atoms with Crippen molar-refractivity contribution in [2.45, 2.75) is 4.90 Å². The van der Waals surface area contributed by atoms with Crippen LogP contribution in [-0.2, 0) is 10.0 Å². The van der Waals surface area contributed by atoms with E-state index in [2.05, 4.69) is 20.3 Å². The van der Waals surface area contributed by atoms with Crippen molar-refractivity contribution in [2.24, 2.45) is 5.10 Å². The first-order chi connectivity index (χ1) is 21.3. The molecular formula is C31H22N6O6S. The van der Waals surface area contributed by atoms with Gasteiger partial charge in [0.05, 0.1) is 27.3 Å². The smallest absolute Gasteiger partial charge is 0.345 e. The summed E-state index contributed by atoms with van der Waals surface area (Å²) in [5.74, 6) is 0. The molecule has 0 saturated heterocycles. The lowest BCUT2D eigenvalue weighted by molar-refractivity contribution is -0.384. The number of para-hydroxylation sites is 3. The van der Waals surface area contributed by atoms with E-state index in [1.54, 1.807) is 59.4 Å². The number of anilines is 2. The van der Waals surface area contributed by atoms with Gasteiger partial charge in [0.15, 0.2) is 0 Å². The van der Waals surface area contributed by atoms with Crippen LogP contribution in [-0.4, -0.2) is 29.3 Å². The Morgan fingerprint density at radius 3 is 2.36 bits per heavy atom. The molecule has 2 N–H and O–H groups in total. The Labute approximate surface area is 250 Å². The summed E-state index contributed by atoms with van der Waals surface area (Å²) in [4.78, 5) is 23.8. The summed E-state index contributed by atoms with van der Waals surface area (Å²) in [6.07, 6.45) is 3.02. The zero-order chi connectivity index (χ0) is 30.7. The molecule has 0 radical (unpaired) electrons. The number of fused-ring (bicyclic) bond motifs is 1. The van der Waals surface area contributed by atoms with Gasteiger partial charge in [0.2, 0.25) is 0 Å². The maximum atomic E-state index is 13.0. The van der Waals surface area contributed by atoms with Gasteiger partial charge in [-0.15, -0.1) is 0 Å². The maximum absolute atomic E-state index is 13.0. The van der Waals surface area contributed by atoms with Crippen LogP contribution in [0, 0.1) is 10.1 Å². The van der Waals surface area contributed by atoms with Crippen LogP contribution < -0.4 is 15.8 Å². The van der Waals surface area contributed by atoms with Crippen LogP contribution >= 0.6 is 0 Å². The monoisotopic (exact) mass is 606 g/mol. The molecule has 0 aliphatic carbocycles. The van der Waals surface area contributed by atoms with Crippen LogP contribution in [0.2, 0.25) is 0 Å². The summed E-state index contributed by atoms with van der Waals surface area (Å²) in [5, 5.41) is 21.4. The first-order valence-corrected chi connectivity index (χ1v) is 14.6. The van der Waals surface area contributed by atoms with E-state index in [1.165, 1.54) is 18.3 Å². The van der Waals surface area contributed by atoms with E-state index in [1.807, 2.05) is 42.5 Å². The lowest BCUT2D eigenvalue weighted by Gasteiger charge is -2.09. The molecule has 2 heterocycles. The van der Waals surface area contributed by atoms with Crippen LogP contribution in [0.4, 0.5) is 17.1 Å². The SMILES string of the molecule is O=c1oc2ccccc2cc1-c1nn(-c2ccccc2)cc1/C=N/Nc1ccc(S(=O)(=O)Nc2ccccc2)cc1[N+](=O)[O-]. The maximum Gasteiger partial charge on any atom is 0.345 e. The van der Waals surface area contributed by atoms with E-state index in [9.17, 15) is 23.3 Å². The van der Waals surface area contributed by atoms with Gasteiger partial charge in [0, 0.05) is 28.9 Å². The molecule has 6 aromatic rings. The number of nitrogens with one attached hydrogen (secondary N) is 2. The Hall–Kier alpha value is -6.08. The molecule has 13 heteroatoms. The zero-order valence-corrected chi connectivity index (χ0v) is 23.5. The van der Waals surface area contributed by atoms with E-state index in [0.29, 0.717) is 22.2 Å². The zero-order valence-electron chi connectivity index (χ0n) is 22.7. The highest BCUT2D eigenvalue weighted by atomic mass is 32.2. The molecule has 218 valence electrons. The molecule has 0 amide bonds. The quantitative estimate of drug-likeness (QED) is 0.0903. The van der Waals surface area contributed by atoms with Crippen molar-refractivity contribution in [3.63, 3.8) is 0 Å². The lowest BCUT2D eigenvalue weighted by atomic mass is 10.1. The van der Waals surface area contributed by atoms with Crippen molar-refractivity contribution in [1.82, 2.24) is 9.78 Å². The number of sulfonamides is 1. The van der Waals surface area contributed by atoms with Gasteiger partial charge in [-0.3, -0.25) is 20.3 Å². The molecule has 6 rings (SSSR count). The number of aromatic nitrogens is 2. The standard InChI is InChI=1S/C31H22N6O6S/c38-31-26(17-21-9-7-8-14-29(21)43-31)30-22(20-36(34-30)24-12-5-2-6-13-24)19-32-33-27-16-15-25(18-28(27)37(39)40)44(41,42)35-23-10-3-1-4-11-23/h1-20,33,35H/b32-19+. The molecule has 0 atom stereocenters. The summed E-state index contributed by atoms with van der Waals surface area (Å²) in [5.41, 5.74) is 3.83. The van der Waals surface area contributed by atoms with Crippen LogP contribution in [0.5, 0.6) is 0 Å². The number of hydrazone groups is 1. The average Bonchev–Trinajstić information content (AvgIpc) is 3.45. The van der Waals surface area contributed by atoms with Crippen molar-refractivity contribution in [3.8, 4) is 16.9 Å². The number of hydrogen-bond donors (Lipinski definition) is 2. The first kappa shape index (κ1) is 28.1. The van der Waals surface area contributed by atoms with E-state index < -0.39 is 26.3 Å². The molecule has 0 aliphatic heterocycles. The van der Waals surface area contributed by atoms with Gasteiger partial charge in [0.25, 0.3) is 15.7 Å². The molecule has 0 bridgehead atoms. The van der Waals surface area contributed by atoms with Gasteiger partial charge in [-0.05, 0) is 48.5 Å². The third kappa shape index (κ3) is 5.80. The number of nitro benzene ring substituents is 1. The summed E-state index contributed by atoms with van der Waals surface area (Å²) in [6.45, 7) is 0. The molecular weight excluding hydrogens is 584 g/mol. The molecule has 12 nitrogen and oxygen atoms in total. The molecule has 2 aromatic heterocycles. The van der Waals surface area contributed by atoms with Crippen LogP contribution in [0.3, 0.4) is 0 Å². The van der Waals surface area contributed by atoms with Gasteiger partial charge in [0.1, 0.15) is 17.0 Å². The van der Waals surface area contributed by atoms with Gasteiger partial charge in [-0.2, -0.15) is 10.2 Å². The summed E-state index contributed by atoms with van der Waals surface area (Å²) < 4.78 is 35.2. The Bertz CT molecular complexity index is 2200. The summed E-state index contributed by atoms with van der Waals surface area (Å²) in [7, 11) is -4.10. The van der Waals surface area contributed by atoms with Crippen molar-refractivity contribution in [1.29, 1.82) is 0 Å². The Balaban J connectivity index is 1.34. The highest BCUT2D eigenvalue weighted by Crippen LogP contribution is 2.29. The number of hydrogen-bond acceptors (Lipinski definition) is 9. The molecule has 4 aromatic carbocycles. The number of benzene rings is 4. The van der Waals surface area contributed by atoms with E-state index >= 15 is 0 Å². The van der Waals surface area contributed by atoms with Gasteiger partial charge >= 0.3 is 5.63 Å². The predicted octanol–water partition coefficient (Wildman–Crippen LogP) is 5.80. The Morgan fingerprint density at radius 1 is 0.909 bits per heavy atom. The van der Waals surface area contributed by atoms with Crippen LogP contribution in [0.15, 0.2) is 135 Å². The van der Waals surface area contributed by atoms with Crippen molar-refractivity contribution >= 4 is 44.3 Å². The van der Waals surface area contributed by atoms with Gasteiger partial charge in [-0.1, -0.05) is 54.6 Å². The largest absolute Gasteiger partial charge is 0.422 e. The molecule has 0 spiro atoms. The van der Waals surface area contributed by atoms with Crippen LogP contribution in [0.25, 0.3) is 27.9 Å². The lowest BCUT2D eigenvalue weighted by Crippen LogP contribution is -2.13. The van der Waals surface area contributed by atoms with Gasteiger partial charge < -0.3 is 4.42 Å². The number of rotatable bonds is 9. The fourth-order valence-electron chi connectivity index (χ4n) is 4.45. The third-order valence-corrected chi connectivity index (χ3v) is 7.93. The minimum absolute atomic E-state index is 0.0490. The fraction of sp³-hybridized carbons (Fsp3) is 0.